The van der Waals surface area contributed by atoms with Crippen molar-refractivity contribution in [3.8, 4) is 11.3 Å². The number of rotatable bonds is 5. The highest BCUT2D eigenvalue weighted by Crippen LogP contribution is 2.35. The Morgan fingerprint density at radius 2 is 1.83 bits per heavy atom. The largest absolute Gasteiger partial charge is 0.364 e. The Labute approximate surface area is 211 Å². The first-order chi connectivity index (χ1) is 16.8. The summed E-state index contributed by atoms with van der Waals surface area (Å²) in [5, 5.41) is 9.59. The predicted octanol–water partition coefficient (Wildman–Crippen LogP) is 4.19. The van der Waals surface area contributed by atoms with Gasteiger partial charge in [0.15, 0.2) is 5.82 Å². The molecule has 2 aliphatic rings. The van der Waals surface area contributed by atoms with Gasteiger partial charge in [0.25, 0.3) is 0 Å². The summed E-state index contributed by atoms with van der Waals surface area (Å²) in [5.74, 6) is 1.21. The Bertz CT molecular complexity index is 1160. The van der Waals surface area contributed by atoms with E-state index in [1.807, 2.05) is 22.7 Å². The lowest BCUT2D eigenvalue weighted by Gasteiger charge is -2.37. The van der Waals surface area contributed by atoms with Gasteiger partial charge in [-0.05, 0) is 47.0 Å². The number of carbonyl (C=O) groups excluding carboxylic acids is 1. The number of fused-ring (bicyclic) bond motifs is 1. The molecule has 9 heteroatoms. The number of piperazine rings is 1. The van der Waals surface area contributed by atoms with Crippen LogP contribution in [-0.4, -0.2) is 81.2 Å². The van der Waals surface area contributed by atoms with Crippen molar-refractivity contribution in [2.24, 2.45) is 0 Å². The number of amides is 1. The minimum atomic E-state index is -0.118. The van der Waals surface area contributed by atoms with Gasteiger partial charge >= 0.3 is 0 Å². The molecular weight excluding hydrogens is 458 g/mol. The molecule has 2 fully saturated rings. The maximum atomic E-state index is 12.9. The quantitative estimate of drug-likeness (QED) is 0.572. The van der Waals surface area contributed by atoms with Crippen molar-refractivity contribution in [3.63, 3.8) is 0 Å². The molecule has 2 aliphatic heterocycles. The first-order valence-electron chi connectivity index (χ1n) is 12.8. The number of nitrogens with zero attached hydrogens (tertiary/aromatic N) is 6. The van der Waals surface area contributed by atoms with E-state index in [1.165, 1.54) is 6.42 Å². The van der Waals surface area contributed by atoms with Crippen molar-refractivity contribution in [2.75, 3.05) is 49.5 Å². The molecule has 3 aromatic rings. The molecule has 0 radical (unpaired) electrons. The lowest BCUT2D eigenvalue weighted by molar-refractivity contribution is -0.135. The van der Waals surface area contributed by atoms with Crippen molar-refractivity contribution < 1.29 is 4.79 Å². The van der Waals surface area contributed by atoms with Crippen LogP contribution in [0.5, 0.6) is 0 Å². The van der Waals surface area contributed by atoms with E-state index >= 15 is 0 Å². The normalized spacial score (nSPS) is 19.9. The molecule has 1 aromatic carbocycles. The Morgan fingerprint density at radius 3 is 2.51 bits per heavy atom. The van der Waals surface area contributed by atoms with Crippen LogP contribution in [0.4, 0.5) is 10.9 Å². The SMILES string of the molecule is C[C@H]1CCCCN1C(=O)CN1CCN(c2nn3c(NC(C)(C)C)c(-c4ccccc4)nc3s2)CC1. The van der Waals surface area contributed by atoms with Crippen LogP contribution in [0, 0.1) is 0 Å². The molecule has 5 rings (SSSR count). The minimum Gasteiger partial charge on any atom is -0.364 e. The molecule has 0 saturated carbocycles. The van der Waals surface area contributed by atoms with Crippen molar-refractivity contribution in [1.82, 2.24) is 24.4 Å². The standard InChI is InChI=1S/C26H37N7OS/c1-19-10-8-9-13-32(19)21(34)18-30-14-16-31(17-15-30)25-29-33-23(28-26(2,3)4)22(27-24(33)35-25)20-11-6-5-7-12-20/h5-7,11-12,19,28H,8-10,13-18H2,1-4H3/t19-/m0/s1. The van der Waals surface area contributed by atoms with E-state index in [2.05, 4.69) is 59.8 Å². The minimum absolute atomic E-state index is 0.118. The second-order valence-corrected chi connectivity index (χ2v) is 11.8. The van der Waals surface area contributed by atoms with Gasteiger partial charge in [-0.2, -0.15) is 4.52 Å². The summed E-state index contributed by atoms with van der Waals surface area (Å²) in [7, 11) is 0. The topological polar surface area (TPSA) is 69.0 Å². The van der Waals surface area contributed by atoms with Crippen LogP contribution in [0.15, 0.2) is 30.3 Å². The van der Waals surface area contributed by atoms with Gasteiger partial charge in [-0.1, -0.05) is 41.7 Å². The Morgan fingerprint density at radius 1 is 1.09 bits per heavy atom. The number of carbonyl (C=O) groups is 1. The molecule has 2 aromatic heterocycles. The maximum Gasteiger partial charge on any atom is 0.236 e. The van der Waals surface area contributed by atoms with Gasteiger partial charge in [0.2, 0.25) is 16.0 Å². The molecule has 0 spiro atoms. The average molecular weight is 496 g/mol. The van der Waals surface area contributed by atoms with Gasteiger partial charge in [-0.25, -0.2) is 4.98 Å². The molecule has 35 heavy (non-hydrogen) atoms. The second kappa shape index (κ2) is 9.78. The predicted molar refractivity (Wildman–Crippen MR) is 143 cm³/mol. The van der Waals surface area contributed by atoms with Crippen LogP contribution in [0.2, 0.25) is 0 Å². The van der Waals surface area contributed by atoms with E-state index in [9.17, 15) is 4.79 Å². The average Bonchev–Trinajstić information content (AvgIpc) is 3.39. The van der Waals surface area contributed by atoms with Crippen molar-refractivity contribution in [2.45, 2.75) is 58.5 Å². The lowest BCUT2D eigenvalue weighted by atomic mass is 10.0. The summed E-state index contributed by atoms with van der Waals surface area (Å²) in [6.45, 7) is 13.6. The highest BCUT2D eigenvalue weighted by atomic mass is 32.1. The lowest BCUT2D eigenvalue weighted by Crippen LogP contribution is -2.52. The summed E-state index contributed by atoms with van der Waals surface area (Å²) in [6.07, 6.45) is 3.50. The summed E-state index contributed by atoms with van der Waals surface area (Å²) >= 11 is 1.63. The van der Waals surface area contributed by atoms with Crippen LogP contribution in [-0.2, 0) is 4.79 Å². The number of piperidine rings is 1. The zero-order valence-corrected chi connectivity index (χ0v) is 22.1. The third-order valence-corrected chi connectivity index (χ3v) is 7.83. The van der Waals surface area contributed by atoms with Crippen LogP contribution < -0.4 is 10.2 Å². The number of nitrogens with one attached hydrogen (secondary N) is 1. The van der Waals surface area contributed by atoms with Crippen molar-refractivity contribution in [1.29, 1.82) is 0 Å². The summed E-state index contributed by atoms with van der Waals surface area (Å²) in [6, 6.07) is 10.7. The molecule has 188 valence electrons. The Kier molecular flexibility index (Phi) is 6.72. The third kappa shape index (κ3) is 5.30. The van der Waals surface area contributed by atoms with Crippen molar-refractivity contribution >= 4 is 33.2 Å². The molecule has 0 aliphatic carbocycles. The number of anilines is 2. The van der Waals surface area contributed by atoms with Crippen LogP contribution in [0.3, 0.4) is 0 Å². The molecule has 0 bridgehead atoms. The van der Waals surface area contributed by atoms with E-state index in [-0.39, 0.29) is 11.4 Å². The van der Waals surface area contributed by atoms with E-state index in [0.29, 0.717) is 12.6 Å². The van der Waals surface area contributed by atoms with Crippen LogP contribution in [0.1, 0.15) is 47.0 Å². The molecule has 1 atom stereocenters. The van der Waals surface area contributed by atoms with E-state index in [0.717, 1.165) is 72.7 Å². The zero-order chi connectivity index (χ0) is 24.6. The monoisotopic (exact) mass is 495 g/mol. The summed E-state index contributed by atoms with van der Waals surface area (Å²) < 4.78 is 1.96. The third-order valence-electron chi connectivity index (χ3n) is 6.86. The molecule has 4 heterocycles. The maximum absolute atomic E-state index is 12.9. The highest BCUT2D eigenvalue weighted by Gasteiger charge is 2.28. The molecular formula is C26H37N7OS. The molecule has 0 unspecified atom stereocenters. The Hall–Kier alpha value is -2.65. The number of aromatic nitrogens is 3. The van der Waals surface area contributed by atoms with Gasteiger partial charge in [0.05, 0.1) is 6.54 Å². The van der Waals surface area contributed by atoms with Crippen LogP contribution >= 0.6 is 11.3 Å². The fraction of sp³-hybridized carbons (Fsp3) is 0.577. The summed E-state index contributed by atoms with van der Waals surface area (Å²) in [4.78, 5) is 25.4. The van der Waals surface area contributed by atoms with Gasteiger partial charge < -0.3 is 15.1 Å². The molecule has 2 saturated heterocycles. The smallest absolute Gasteiger partial charge is 0.236 e. The molecule has 1 N–H and O–H groups in total. The molecule has 1 amide bonds. The van der Waals surface area contributed by atoms with E-state index < -0.39 is 0 Å². The van der Waals surface area contributed by atoms with Crippen molar-refractivity contribution in [3.05, 3.63) is 30.3 Å². The van der Waals surface area contributed by atoms with Gasteiger partial charge in [0, 0.05) is 49.9 Å². The summed E-state index contributed by atoms with van der Waals surface area (Å²) in [5.41, 5.74) is 1.90. The zero-order valence-electron chi connectivity index (χ0n) is 21.3. The fourth-order valence-corrected chi connectivity index (χ4v) is 5.93. The molecule has 8 nitrogen and oxygen atoms in total. The first kappa shape index (κ1) is 24.1. The number of hydrogen-bond donors (Lipinski definition) is 1. The van der Waals surface area contributed by atoms with Crippen LogP contribution in [0.25, 0.3) is 16.2 Å². The van der Waals surface area contributed by atoms with Gasteiger partial charge in [-0.3, -0.25) is 9.69 Å². The number of hydrogen-bond acceptors (Lipinski definition) is 7. The number of imidazole rings is 1. The number of likely N-dealkylation sites (tertiary alicyclic amines) is 1. The van der Waals surface area contributed by atoms with E-state index in [1.54, 1.807) is 11.3 Å². The fourth-order valence-electron chi connectivity index (χ4n) is 4.98. The van der Waals surface area contributed by atoms with Gasteiger partial charge in [0.1, 0.15) is 5.69 Å². The Balaban J connectivity index is 1.29. The highest BCUT2D eigenvalue weighted by molar-refractivity contribution is 7.20. The number of benzene rings is 1. The first-order valence-corrected chi connectivity index (χ1v) is 13.6. The second-order valence-electron chi connectivity index (χ2n) is 10.8. The van der Waals surface area contributed by atoms with Gasteiger partial charge in [-0.15, -0.1) is 5.10 Å². The van der Waals surface area contributed by atoms with E-state index in [4.69, 9.17) is 10.1 Å².